The number of benzene rings is 1. The quantitative estimate of drug-likeness (QED) is 0.940. The number of piperazine rings is 1. The molecule has 5 heteroatoms. The number of carbonyl (C=O) groups is 1. The molecule has 1 aromatic heterocycles. The van der Waals surface area contributed by atoms with Gasteiger partial charge in [0, 0.05) is 37.4 Å². The maximum atomic E-state index is 12.0. The highest BCUT2D eigenvalue weighted by atomic mass is 16.4. The van der Waals surface area contributed by atoms with Crippen LogP contribution in [0.3, 0.4) is 0 Å². The van der Waals surface area contributed by atoms with Crippen molar-refractivity contribution in [2.24, 2.45) is 0 Å². The molecule has 5 nitrogen and oxygen atoms in total. The highest BCUT2D eigenvalue weighted by molar-refractivity contribution is 6.01. The zero-order chi connectivity index (χ0) is 17.3. The van der Waals surface area contributed by atoms with Crippen molar-refractivity contribution in [2.45, 2.75) is 13.8 Å². The Morgan fingerprint density at radius 2 is 1.83 bits per heavy atom. The van der Waals surface area contributed by atoms with Gasteiger partial charge < -0.3 is 14.9 Å². The van der Waals surface area contributed by atoms with E-state index in [-0.39, 0.29) is 0 Å². The van der Waals surface area contributed by atoms with E-state index in [9.17, 15) is 9.90 Å². The number of aromatic nitrogens is 1. The Labute approximate surface area is 142 Å². The molecule has 126 valence electrons. The molecular formula is C19H23N3O2. The summed E-state index contributed by atoms with van der Waals surface area (Å²) >= 11 is 0. The van der Waals surface area contributed by atoms with Crippen LogP contribution in [0.5, 0.6) is 0 Å². The van der Waals surface area contributed by atoms with Gasteiger partial charge in [-0.2, -0.15) is 0 Å². The molecule has 1 aliphatic rings. The van der Waals surface area contributed by atoms with Gasteiger partial charge in [-0.05, 0) is 32.5 Å². The highest BCUT2D eigenvalue weighted by Gasteiger charge is 2.25. The van der Waals surface area contributed by atoms with Crippen LogP contribution >= 0.6 is 0 Å². The Kier molecular flexibility index (Phi) is 4.53. The van der Waals surface area contributed by atoms with E-state index in [0.717, 1.165) is 48.6 Å². The predicted molar refractivity (Wildman–Crippen MR) is 95.8 cm³/mol. The molecule has 0 bridgehead atoms. The maximum absolute atomic E-state index is 12.0. The molecule has 3 rings (SSSR count). The van der Waals surface area contributed by atoms with Crippen LogP contribution in [0.15, 0.2) is 30.3 Å². The summed E-state index contributed by atoms with van der Waals surface area (Å²) in [5, 5.41) is 9.87. The van der Waals surface area contributed by atoms with Crippen LogP contribution in [0, 0.1) is 13.8 Å². The number of anilines is 1. The van der Waals surface area contributed by atoms with E-state index in [0.29, 0.717) is 11.4 Å². The lowest BCUT2D eigenvalue weighted by atomic mass is 9.98. The van der Waals surface area contributed by atoms with Gasteiger partial charge in [0.1, 0.15) is 11.4 Å². The second-order valence-corrected chi connectivity index (χ2v) is 6.47. The normalized spacial score (nSPS) is 15.5. The third kappa shape index (κ3) is 3.26. The zero-order valence-electron chi connectivity index (χ0n) is 14.4. The molecule has 0 amide bonds. The Morgan fingerprint density at radius 1 is 1.12 bits per heavy atom. The van der Waals surface area contributed by atoms with E-state index >= 15 is 0 Å². The van der Waals surface area contributed by atoms with Crippen LogP contribution < -0.4 is 4.90 Å². The van der Waals surface area contributed by atoms with E-state index in [4.69, 9.17) is 0 Å². The number of hydrogen-bond acceptors (Lipinski definition) is 4. The van der Waals surface area contributed by atoms with Gasteiger partial charge in [-0.25, -0.2) is 9.78 Å². The summed E-state index contributed by atoms with van der Waals surface area (Å²) in [5.74, 6) is -0.333. The molecule has 0 unspecified atom stereocenters. The van der Waals surface area contributed by atoms with Crippen molar-refractivity contribution in [3.05, 3.63) is 47.2 Å². The van der Waals surface area contributed by atoms with Gasteiger partial charge in [0.05, 0.1) is 0 Å². The monoisotopic (exact) mass is 325 g/mol. The van der Waals surface area contributed by atoms with Crippen molar-refractivity contribution >= 4 is 11.8 Å². The maximum Gasteiger partial charge on any atom is 0.340 e. The first-order valence-electron chi connectivity index (χ1n) is 8.21. The second-order valence-electron chi connectivity index (χ2n) is 6.47. The number of likely N-dealkylation sites (N-methyl/N-ethyl adjacent to an activating group) is 1. The van der Waals surface area contributed by atoms with Crippen LogP contribution in [0.4, 0.5) is 5.82 Å². The summed E-state index contributed by atoms with van der Waals surface area (Å²) in [6.07, 6.45) is 0. The third-order valence-corrected chi connectivity index (χ3v) is 4.47. The van der Waals surface area contributed by atoms with Crippen molar-refractivity contribution in [3.8, 4) is 11.1 Å². The summed E-state index contributed by atoms with van der Waals surface area (Å²) in [4.78, 5) is 21.0. The molecule has 1 aliphatic heterocycles. The topological polar surface area (TPSA) is 56.7 Å². The number of carboxylic acid groups (broad SMARTS) is 1. The first kappa shape index (κ1) is 16.5. The van der Waals surface area contributed by atoms with E-state index in [1.807, 2.05) is 44.2 Å². The largest absolute Gasteiger partial charge is 0.478 e. The van der Waals surface area contributed by atoms with Crippen molar-refractivity contribution in [1.29, 1.82) is 0 Å². The van der Waals surface area contributed by atoms with Gasteiger partial charge >= 0.3 is 5.97 Å². The average Bonchev–Trinajstić information content (AvgIpc) is 2.54. The molecule has 0 atom stereocenters. The lowest BCUT2D eigenvalue weighted by Crippen LogP contribution is -2.45. The van der Waals surface area contributed by atoms with Crippen molar-refractivity contribution in [1.82, 2.24) is 9.88 Å². The van der Waals surface area contributed by atoms with Crippen LogP contribution in [-0.2, 0) is 0 Å². The Morgan fingerprint density at radius 3 is 2.46 bits per heavy atom. The fraction of sp³-hybridized carbons (Fsp3) is 0.368. The minimum absolute atomic E-state index is 0.302. The summed E-state index contributed by atoms with van der Waals surface area (Å²) in [6.45, 7) is 7.34. The van der Waals surface area contributed by atoms with Gasteiger partial charge in [-0.3, -0.25) is 0 Å². The third-order valence-electron chi connectivity index (χ3n) is 4.47. The van der Waals surface area contributed by atoms with Gasteiger partial charge in [-0.15, -0.1) is 0 Å². The summed E-state index contributed by atoms with van der Waals surface area (Å²) in [5.41, 5.74) is 3.92. The molecule has 0 aliphatic carbocycles. The Balaban J connectivity index is 2.14. The van der Waals surface area contributed by atoms with Crippen molar-refractivity contribution in [3.63, 3.8) is 0 Å². The second kappa shape index (κ2) is 6.61. The standard InChI is InChI=1S/C19H23N3O2/c1-13-5-4-6-15(11-13)16-12-14(2)20-18(17(16)19(23)24)22-9-7-21(3)8-10-22/h4-6,11-12H,7-10H2,1-3H3,(H,23,24). The summed E-state index contributed by atoms with van der Waals surface area (Å²) in [7, 11) is 2.08. The van der Waals surface area contributed by atoms with Gasteiger partial charge in [0.2, 0.25) is 0 Å². The molecule has 1 aromatic carbocycles. The van der Waals surface area contributed by atoms with Gasteiger partial charge in [-0.1, -0.05) is 29.8 Å². The number of carboxylic acids is 1. The van der Waals surface area contributed by atoms with Crippen LogP contribution in [-0.4, -0.2) is 54.2 Å². The molecule has 24 heavy (non-hydrogen) atoms. The molecule has 2 heterocycles. The minimum atomic E-state index is -0.923. The summed E-state index contributed by atoms with van der Waals surface area (Å²) in [6, 6.07) is 9.83. The van der Waals surface area contributed by atoms with Gasteiger partial charge in [0.15, 0.2) is 0 Å². The smallest absolute Gasteiger partial charge is 0.340 e. The Hall–Kier alpha value is -2.40. The predicted octanol–water partition coefficient (Wildman–Crippen LogP) is 2.82. The number of hydrogen-bond donors (Lipinski definition) is 1. The van der Waals surface area contributed by atoms with Crippen molar-refractivity contribution in [2.75, 3.05) is 38.1 Å². The number of aromatic carboxylic acids is 1. The lowest BCUT2D eigenvalue weighted by Gasteiger charge is -2.34. The fourth-order valence-corrected chi connectivity index (χ4v) is 3.15. The number of rotatable bonds is 3. The average molecular weight is 325 g/mol. The van der Waals surface area contributed by atoms with Gasteiger partial charge in [0.25, 0.3) is 0 Å². The highest BCUT2D eigenvalue weighted by Crippen LogP contribution is 2.32. The molecule has 1 N–H and O–H groups in total. The van der Waals surface area contributed by atoms with E-state index in [1.165, 1.54) is 0 Å². The number of aryl methyl sites for hydroxylation is 2. The van der Waals surface area contributed by atoms with E-state index in [2.05, 4.69) is 21.8 Å². The molecule has 1 saturated heterocycles. The molecule has 1 fully saturated rings. The van der Waals surface area contributed by atoms with Crippen LogP contribution in [0.1, 0.15) is 21.6 Å². The SMILES string of the molecule is Cc1cccc(-c2cc(C)nc(N3CCN(C)CC3)c2C(=O)O)c1. The van der Waals surface area contributed by atoms with Crippen LogP contribution in [0.2, 0.25) is 0 Å². The first-order valence-corrected chi connectivity index (χ1v) is 8.21. The number of pyridine rings is 1. The van der Waals surface area contributed by atoms with E-state index < -0.39 is 5.97 Å². The minimum Gasteiger partial charge on any atom is -0.478 e. The fourth-order valence-electron chi connectivity index (χ4n) is 3.15. The van der Waals surface area contributed by atoms with Crippen molar-refractivity contribution < 1.29 is 9.90 Å². The number of nitrogens with zero attached hydrogens (tertiary/aromatic N) is 3. The molecular weight excluding hydrogens is 302 g/mol. The van der Waals surface area contributed by atoms with Crippen LogP contribution in [0.25, 0.3) is 11.1 Å². The molecule has 0 saturated carbocycles. The molecule has 0 radical (unpaired) electrons. The first-order chi connectivity index (χ1) is 11.5. The zero-order valence-corrected chi connectivity index (χ0v) is 14.4. The lowest BCUT2D eigenvalue weighted by molar-refractivity contribution is 0.0698. The molecule has 2 aromatic rings. The molecule has 0 spiro atoms. The summed E-state index contributed by atoms with van der Waals surface area (Å²) < 4.78 is 0. The Bertz CT molecular complexity index is 765. The van der Waals surface area contributed by atoms with E-state index in [1.54, 1.807) is 0 Å².